The van der Waals surface area contributed by atoms with Crippen LogP contribution in [0.4, 0.5) is 0 Å². The first kappa shape index (κ1) is 6.35. The SMILES string of the molecule is [O-][n+]1nnc2c3n[nH][nH]c3ccc21. The van der Waals surface area contributed by atoms with Crippen molar-refractivity contribution < 1.29 is 4.85 Å². The molecule has 3 aromatic rings. The van der Waals surface area contributed by atoms with E-state index < -0.39 is 0 Å². The van der Waals surface area contributed by atoms with Gasteiger partial charge in [0.1, 0.15) is 5.21 Å². The molecule has 13 heavy (non-hydrogen) atoms. The van der Waals surface area contributed by atoms with Crippen molar-refractivity contribution in [2.24, 2.45) is 0 Å². The van der Waals surface area contributed by atoms with Gasteiger partial charge in [0, 0.05) is 0 Å². The van der Waals surface area contributed by atoms with Crippen LogP contribution in [-0.2, 0) is 0 Å². The summed E-state index contributed by atoms with van der Waals surface area (Å²) >= 11 is 0. The molecule has 7 nitrogen and oxygen atoms in total. The summed E-state index contributed by atoms with van der Waals surface area (Å²) < 4.78 is 0. The van der Waals surface area contributed by atoms with Gasteiger partial charge < -0.3 is 5.21 Å². The number of fused-ring (bicyclic) bond motifs is 3. The summed E-state index contributed by atoms with van der Waals surface area (Å²) in [6.07, 6.45) is 0. The van der Waals surface area contributed by atoms with E-state index in [-0.39, 0.29) is 0 Å². The van der Waals surface area contributed by atoms with Crippen LogP contribution in [0.3, 0.4) is 0 Å². The van der Waals surface area contributed by atoms with Gasteiger partial charge in [0.15, 0.2) is 5.52 Å². The van der Waals surface area contributed by atoms with E-state index in [1.165, 1.54) is 0 Å². The fourth-order valence-corrected chi connectivity index (χ4v) is 1.31. The highest BCUT2D eigenvalue weighted by molar-refractivity contribution is 5.97. The minimum Gasteiger partial charge on any atom is -0.691 e. The minimum absolute atomic E-state index is 0.424. The average Bonchev–Trinajstić information content (AvgIpc) is 2.70. The van der Waals surface area contributed by atoms with E-state index in [2.05, 4.69) is 25.7 Å². The number of aromatic nitrogens is 6. The van der Waals surface area contributed by atoms with E-state index in [0.29, 0.717) is 21.4 Å². The predicted octanol–water partition coefficient (Wildman–Crippen LogP) is -0.532. The smallest absolute Gasteiger partial charge is 0.281 e. The number of benzene rings is 1. The molecule has 0 fully saturated rings. The van der Waals surface area contributed by atoms with E-state index in [1.807, 2.05) is 0 Å². The Hall–Kier alpha value is -2.18. The molecule has 64 valence electrons. The highest BCUT2D eigenvalue weighted by atomic mass is 16.5. The van der Waals surface area contributed by atoms with Crippen LogP contribution in [0.25, 0.3) is 22.1 Å². The molecule has 0 atom stereocenters. The molecule has 3 rings (SSSR count). The van der Waals surface area contributed by atoms with Crippen LogP contribution in [0, 0.1) is 5.21 Å². The van der Waals surface area contributed by atoms with Crippen molar-refractivity contribution in [3.63, 3.8) is 0 Å². The van der Waals surface area contributed by atoms with Crippen LogP contribution in [0.15, 0.2) is 12.1 Å². The molecule has 0 unspecified atom stereocenters. The Morgan fingerprint density at radius 2 is 2.23 bits per heavy atom. The maximum absolute atomic E-state index is 11.0. The normalized spacial score (nSPS) is 11.4. The number of nitrogens with one attached hydrogen (secondary N) is 2. The Morgan fingerprint density at radius 1 is 1.31 bits per heavy atom. The van der Waals surface area contributed by atoms with Crippen molar-refractivity contribution in [2.75, 3.05) is 0 Å². The van der Waals surface area contributed by atoms with Crippen LogP contribution < -0.4 is 4.85 Å². The summed E-state index contributed by atoms with van der Waals surface area (Å²) in [4.78, 5) is 0.476. The lowest BCUT2D eigenvalue weighted by Crippen LogP contribution is -2.27. The molecule has 0 saturated carbocycles. The molecule has 2 aromatic heterocycles. The molecule has 2 heterocycles. The molecule has 0 saturated heterocycles. The highest BCUT2D eigenvalue weighted by Crippen LogP contribution is 2.15. The van der Waals surface area contributed by atoms with Gasteiger partial charge in [-0.25, -0.2) is 5.21 Å². The van der Waals surface area contributed by atoms with Crippen LogP contribution in [0.1, 0.15) is 0 Å². The van der Waals surface area contributed by atoms with Crippen molar-refractivity contribution in [3.05, 3.63) is 17.3 Å². The second-order valence-electron chi connectivity index (χ2n) is 2.64. The summed E-state index contributed by atoms with van der Waals surface area (Å²) in [6.45, 7) is 0. The zero-order valence-corrected chi connectivity index (χ0v) is 6.35. The van der Waals surface area contributed by atoms with E-state index in [9.17, 15) is 5.21 Å². The lowest BCUT2D eigenvalue weighted by Gasteiger charge is -1.89. The van der Waals surface area contributed by atoms with E-state index >= 15 is 0 Å². The first-order valence-corrected chi connectivity index (χ1v) is 3.64. The number of H-pyrrole nitrogens is 2. The first-order valence-electron chi connectivity index (χ1n) is 3.64. The molecule has 0 radical (unpaired) electrons. The van der Waals surface area contributed by atoms with Crippen LogP contribution >= 0.6 is 0 Å². The van der Waals surface area contributed by atoms with Crippen LogP contribution in [0.5, 0.6) is 0 Å². The molecule has 0 aliphatic carbocycles. The second kappa shape index (κ2) is 1.94. The van der Waals surface area contributed by atoms with Gasteiger partial charge in [0.05, 0.1) is 10.6 Å². The van der Waals surface area contributed by atoms with E-state index in [0.717, 1.165) is 5.52 Å². The fourth-order valence-electron chi connectivity index (χ4n) is 1.31. The van der Waals surface area contributed by atoms with Gasteiger partial charge in [-0.1, -0.05) is 0 Å². The number of nitrogens with zero attached hydrogens (tertiary/aromatic N) is 4. The Labute approximate surface area is 70.9 Å². The molecule has 7 heteroatoms. The highest BCUT2D eigenvalue weighted by Gasteiger charge is 2.15. The molecular formula is C6H4N6O. The third kappa shape index (κ3) is 0.675. The molecule has 2 N–H and O–H groups in total. The molecule has 0 aliphatic heterocycles. The molecule has 0 spiro atoms. The maximum Gasteiger partial charge on any atom is 0.281 e. The lowest BCUT2D eigenvalue weighted by molar-refractivity contribution is -0.644. The summed E-state index contributed by atoms with van der Waals surface area (Å²) in [5, 5.41) is 27.4. The van der Waals surface area contributed by atoms with Gasteiger partial charge in [-0.2, -0.15) is 5.10 Å². The van der Waals surface area contributed by atoms with Crippen molar-refractivity contribution in [3.8, 4) is 0 Å². The quantitative estimate of drug-likeness (QED) is 0.355. The first-order chi connectivity index (χ1) is 6.36. The van der Waals surface area contributed by atoms with Gasteiger partial charge in [-0.15, -0.1) is 4.85 Å². The Kier molecular flexibility index (Phi) is 0.950. The van der Waals surface area contributed by atoms with Crippen molar-refractivity contribution in [1.82, 2.24) is 25.7 Å². The van der Waals surface area contributed by atoms with Gasteiger partial charge >= 0.3 is 0 Å². The van der Waals surface area contributed by atoms with E-state index in [4.69, 9.17) is 0 Å². The summed E-state index contributed by atoms with van der Waals surface area (Å²) in [5.74, 6) is 0. The monoisotopic (exact) mass is 176 g/mol. The van der Waals surface area contributed by atoms with Gasteiger partial charge in [-0.3, -0.25) is 5.10 Å². The third-order valence-electron chi connectivity index (χ3n) is 1.92. The van der Waals surface area contributed by atoms with E-state index in [1.54, 1.807) is 12.1 Å². The topological polar surface area (TPSA) is 97.2 Å². The molecular weight excluding hydrogens is 172 g/mol. The minimum atomic E-state index is 0.424. The van der Waals surface area contributed by atoms with Gasteiger partial charge in [0.25, 0.3) is 5.52 Å². The van der Waals surface area contributed by atoms with Crippen molar-refractivity contribution in [2.45, 2.75) is 0 Å². The molecule has 0 bridgehead atoms. The van der Waals surface area contributed by atoms with Crippen molar-refractivity contribution >= 4 is 22.1 Å². The zero-order valence-electron chi connectivity index (χ0n) is 6.35. The third-order valence-corrected chi connectivity index (χ3v) is 1.92. The Morgan fingerprint density at radius 3 is 3.15 bits per heavy atom. The zero-order chi connectivity index (χ0) is 8.84. The van der Waals surface area contributed by atoms with Crippen molar-refractivity contribution in [1.29, 1.82) is 0 Å². The summed E-state index contributed by atoms with van der Waals surface area (Å²) in [6, 6.07) is 3.40. The van der Waals surface area contributed by atoms with Crippen LogP contribution in [0.2, 0.25) is 0 Å². The summed E-state index contributed by atoms with van der Waals surface area (Å²) in [5.41, 5.74) is 2.35. The number of rotatable bonds is 0. The Bertz CT molecular complexity index is 581. The maximum atomic E-state index is 11.0. The largest absolute Gasteiger partial charge is 0.691 e. The number of hydrogen-bond donors (Lipinski definition) is 2. The predicted molar refractivity (Wildman–Crippen MR) is 42.5 cm³/mol. The average molecular weight is 176 g/mol. The van der Waals surface area contributed by atoms with Crippen LogP contribution in [-0.4, -0.2) is 25.7 Å². The Balaban J connectivity index is 2.66. The van der Waals surface area contributed by atoms with Gasteiger partial charge in [-0.05, 0) is 12.1 Å². The lowest BCUT2D eigenvalue weighted by atomic mass is 10.3. The molecule has 0 amide bonds. The fraction of sp³-hybridized carbons (Fsp3) is 0. The molecule has 0 aliphatic rings. The summed E-state index contributed by atoms with van der Waals surface area (Å²) in [7, 11) is 0. The number of hydrogen-bond acceptors (Lipinski definition) is 4. The van der Waals surface area contributed by atoms with Gasteiger partial charge in [0.2, 0.25) is 5.52 Å². The second-order valence-corrected chi connectivity index (χ2v) is 2.64. The number of aromatic amines is 2. The standard InChI is InChI=1S/C6H4N6O/c13-12-4-2-1-3-5(8-10-7-3)6(4)9-11-12/h1-2,7,10H. The molecule has 1 aromatic carbocycles.